The minimum absolute atomic E-state index is 0.531. The van der Waals surface area contributed by atoms with E-state index >= 15 is 0 Å². The Balaban J connectivity index is 1.50. The second kappa shape index (κ2) is 8.67. The average Bonchev–Trinajstić information content (AvgIpc) is 2.44. The van der Waals surface area contributed by atoms with Crippen molar-refractivity contribution in [3.05, 3.63) is 28.5 Å². The predicted octanol–water partition coefficient (Wildman–Crippen LogP) is 3.67. The van der Waals surface area contributed by atoms with Gasteiger partial charge in [0.15, 0.2) is 0 Å². The Morgan fingerprint density at radius 2 is 2.11 bits per heavy atom. The molecule has 0 atom stereocenters. The highest BCUT2D eigenvalue weighted by Crippen LogP contribution is 2.20. The van der Waals surface area contributed by atoms with Crippen LogP contribution in [0.3, 0.4) is 0 Å². The maximum absolute atomic E-state index is 5.89. The first-order valence-corrected chi connectivity index (χ1v) is 8.05. The van der Waals surface area contributed by atoms with Crippen LogP contribution in [0.2, 0.25) is 0 Å². The third kappa shape index (κ3) is 6.02. The molecule has 1 aromatic heterocycles. The quantitative estimate of drug-likeness (QED) is 0.776. The number of hydrogen-bond acceptors (Lipinski definition) is 3. The molecule has 0 aromatic carbocycles. The summed E-state index contributed by atoms with van der Waals surface area (Å²) in [6.45, 7) is 2.75. The molecule has 0 spiro atoms. The van der Waals surface area contributed by atoms with Crippen molar-refractivity contribution in [2.24, 2.45) is 0 Å². The number of nitrogens with one attached hydrogen (secondary N) is 1. The number of halogens is 1. The highest BCUT2D eigenvalue weighted by molar-refractivity contribution is 9.10. The van der Waals surface area contributed by atoms with E-state index in [4.69, 9.17) is 4.74 Å². The van der Waals surface area contributed by atoms with Crippen LogP contribution in [0.4, 0.5) is 0 Å². The SMILES string of the molecule is Brc1cncc(CNCCCOC2CCCCC2)c1. The van der Waals surface area contributed by atoms with E-state index in [-0.39, 0.29) is 0 Å². The number of pyridine rings is 1. The molecule has 106 valence electrons. The summed E-state index contributed by atoms with van der Waals surface area (Å²) < 4.78 is 6.93. The molecule has 0 aliphatic heterocycles. The zero-order valence-corrected chi connectivity index (χ0v) is 13.0. The zero-order valence-electron chi connectivity index (χ0n) is 11.4. The smallest absolute Gasteiger partial charge is 0.0575 e. The maximum atomic E-state index is 5.89. The molecule has 19 heavy (non-hydrogen) atoms. The molecule has 0 saturated heterocycles. The van der Waals surface area contributed by atoms with Gasteiger partial charge in [0.1, 0.15) is 0 Å². The highest BCUT2D eigenvalue weighted by Gasteiger charge is 2.12. The molecule has 1 aromatic rings. The summed E-state index contributed by atoms with van der Waals surface area (Å²) in [6, 6.07) is 2.10. The van der Waals surface area contributed by atoms with Gasteiger partial charge in [-0.15, -0.1) is 0 Å². The monoisotopic (exact) mass is 326 g/mol. The molecule has 0 radical (unpaired) electrons. The Morgan fingerprint density at radius 1 is 1.26 bits per heavy atom. The van der Waals surface area contributed by atoms with Gasteiger partial charge in [-0.3, -0.25) is 4.98 Å². The summed E-state index contributed by atoms with van der Waals surface area (Å²) in [5.41, 5.74) is 1.21. The minimum atomic E-state index is 0.531. The molecule has 0 amide bonds. The Bertz CT molecular complexity index is 367. The second-order valence-electron chi connectivity index (χ2n) is 5.17. The van der Waals surface area contributed by atoms with Crippen LogP contribution in [-0.4, -0.2) is 24.2 Å². The van der Waals surface area contributed by atoms with Crippen molar-refractivity contribution in [1.29, 1.82) is 0 Å². The standard InChI is InChI=1S/C15H23BrN2O/c16-14-9-13(11-18-12-14)10-17-7-4-8-19-15-5-2-1-3-6-15/h9,11-12,15,17H,1-8,10H2. The van der Waals surface area contributed by atoms with Crippen LogP contribution in [0.25, 0.3) is 0 Å². The summed E-state index contributed by atoms with van der Waals surface area (Å²) in [6.07, 6.45) is 11.9. The third-order valence-electron chi connectivity index (χ3n) is 3.49. The van der Waals surface area contributed by atoms with Gasteiger partial charge in [-0.25, -0.2) is 0 Å². The van der Waals surface area contributed by atoms with E-state index in [1.54, 1.807) is 0 Å². The lowest BCUT2D eigenvalue weighted by atomic mass is 9.98. The molecule has 3 nitrogen and oxygen atoms in total. The molecule has 0 bridgehead atoms. The lowest BCUT2D eigenvalue weighted by Crippen LogP contribution is -2.20. The van der Waals surface area contributed by atoms with Gasteiger partial charge in [-0.2, -0.15) is 0 Å². The second-order valence-corrected chi connectivity index (χ2v) is 6.09. The summed E-state index contributed by atoms with van der Waals surface area (Å²) in [5.74, 6) is 0. The van der Waals surface area contributed by atoms with E-state index in [0.717, 1.165) is 30.6 Å². The van der Waals surface area contributed by atoms with Crippen LogP contribution >= 0.6 is 15.9 Å². The molecule has 4 heteroatoms. The fourth-order valence-electron chi connectivity index (χ4n) is 2.46. The Hall–Kier alpha value is -0.450. The van der Waals surface area contributed by atoms with Crippen LogP contribution in [-0.2, 0) is 11.3 Å². The Morgan fingerprint density at radius 3 is 2.89 bits per heavy atom. The predicted molar refractivity (Wildman–Crippen MR) is 81.1 cm³/mol. The van der Waals surface area contributed by atoms with Gasteiger partial charge in [-0.05, 0) is 53.4 Å². The van der Waals surface area contributed by atoms with Crippen molar-refractivity contribution in [3.63, 3.8) is 0 Å². The number of nitrogens with zero attached hydrogens (tertiary/aromatic N) is 1. The number of aromatic nitrogens is 1. The van der Waals surface area contributed by atoms with Gasteiger partial charge in [0.2, 0.25) is 0 Å². The van der Waals surface area contributed by atoms with Crippen molar-refractivity contribution in [2.75, 3.05) is 13.2 Å². The van der Waals surface area contributed by atoms with E-state index in [1.165, 1.54) is 37.7 Å². The Labute approximate surface area is 124 Å². The average molecular weight is 327 g/mol. The minimum Gasteiger partial charge on any atom is -0.378 e. The first kappa shape index (κ1) is 14.9. The van der Waals surface area contributed by atoms with Crippen molar-refractivity contribution in [3.8, 4) is 0 Å². The highest BCUT2D eigenvalue weighted by atomic mass is 79.9. The van der Waals surface area contributed by atoms with Crippen LogP contribution in [0.5, 0.6) is 0 Å². The topological polar surface area (TPSA) is 34.2 Å². The van der Waals surface area contributed by atoms with E-state index in [0.29, 0.717) is 6.10 Å². The summed E-state index contributed by atoms with van der Waals surface area (Å²) in [5, 5.41) is 3.43. The van der Waals surface area contributed by atoms with E-state index in [9.17, 15) is 0 Å². The normalized spacial score (nSPS) is 16.7. The first-order valence-electron chi connectivity index (χ1n) is 7.26. The van der Waals surface area contributed by atoms with E-state index < -0.39 is 0 Å². The van der Waals surface area contributed by atoms with Gasteiger partial charge in [0.05, 0.1) is 6.10 Å². The number of hydrogen-bond donors (Lipinski definition) is 1. The van der Waals surface area contributed by atoms with Crippen LogP contribution in [0.15, 0.2) is 22.9 Å². The molecule has 0 unspecified atom stereocenters. The molecule has 2 rings (SSSR count). The molecule has 1 saturated carbocycles. The van der Waals surface area contributed by atoms with Crippen molar-refractivity contribution >= 4 is 15.9 Å². The van der Waals surface area contributed by atoms with Gasteiger partial charge in [0.25, 0.3) is 0 Å². The summed E-state index contributed by atoms with van der Waals surface area (Å²) >= 11 is 3.43. The zero-order chi connectivity index (χ0) is 13.3. The summed E-state index contributed by atoms with van der Waals surface area (Å²) in [7, 11) is 0. The van der Waals surface area contributed by atoms with Crippen LogP contribution < -0.4 is 5.32 Å². The number of rotatable bonds is 7. The fraction of sp³-hybridized carbons (Fsp3) is 0.667. The van der Waals surface area contributed by atoms with Gasteiger partial charge < -0.3 is 10.1 Å². The van der Waals surface area contributed by atoms with Crippen molar-refractivity contribution in [2.45, 2.75) is 51.2 Å². The molecule has 1 fully saturated rings. The van der Waals surface area contributed by atoms with Crippen molar-refractivity contribution in [1.82, 2.24) is 10.3 Å². The first-order chi connectivity index (χ1) is 9.34. The molecule has 1 N–H and O–H groups in total. The Kier molecular flexibility index (Phi) is 6.82. The van der Waals surface area contributed by atoms with Gasteiger partial charge in [0, 0.05) is 30.0 Å². The lowest BCUT2D eigenvalue weighted by molar-refractivity contribution is 0.0273. The number of ether oxygens (including phenoxy) is 1. The molecule has 1 aliphatic carbocycles. The van der Waals surface area contributed by atoms with Crippen LogP contribution in [0.1, 0.15) is 44.1 Å². The van der Waals surface area contributed by atoms with Crippen LogP contribution in [0, 0.1) is 0 Å². The maximum Gasteiger partial charge on any atom is 0.0575 e. The van der Waals surface area contributed by atoms with Gasteiger partial charge >= 0.3 is 0 Å². The van der Waals surface area contributed by atoms with E-state index in [1.807, 2.05) is 12.4 Å². The van der Waals surface area contributed by atoms with Crippen molar-refractivity contribution < 1.29 is 4.74 Å². The molecule has 1 heterocycles. The molecule has 1 aliphatic rings. The molecular formula is C15H23BrN2O. The van der Waals surface area contributed by atoms with E-state index in [2.05, 4.69) is 32.3 Å². The lowest BCUT2D eigenvalue weighted by Gasteiger charge is -2.21. The third-order valence-corrected chi connectivity index (χ3v) is 3.93. The van der Waals surface area contributed by atoms with Gasteiger partial charge in [-0.1, -0.05) is 19.3 Å². The largest absolute Gasteiger partial charge is 0.378 e. The summed E-state index contributed by atoms with van der Waals surface area (Å²) in [4.78, 5) is 4.15. The fourth-order valence-corrected chi connectivity index (χ4v) is 2.88. The molecular weight excluding hydrogens is 304 g/mol.